The minimum atomic E-state index is -0.523. The van der Waals surface area contributed by atoms with Crippen molar-refractivity contribution < 1.29 is 9.47 Å². The van der Waals surface area contributed by atoms with Crippen molar-refractivity contribution in [2.45, 2.75) is 118 Å². The number of hydrogen-bond donors (Lipinski definition) is 0. The van der Waals surface area contributed by atoms with Crippen LogP contribution in [0.15, 0.2) is 84.0 Å². The van der Waals surface area contributed by atoms with Gasteiger partial charge in [0.2, 0.25) is 11.8 Å². The van der Waals surface area contributed by atoms with E-state index in [1.54, 1.807) is 0 Å². The van der Waals surface area contributed by atoms with Crippen LogP contribution in [-0.4, -0.2) is 26.0 Å². The molecule has 0 radical (unpaired) electrons. The number of aliphatic imine (C=N–C) groups is 1. The van der Waals surface area contributed by atoms with Crippen molar-refractivity contribution in [3.63, 3.8) is 0 Å². The molecule has 54 heavy (non-hydrogen) atoms. The van der Waals surface area contributed by atoms with E-state index in [9.17, 15) is 0 Å². The summed E-state index contributed by atoms with van der Waals surface area (Å²) in [7, 11) is 0. The second kappa shape index (κ2) is 11.8. The molecule has 0 saturated heterocycles. The maximum absolute atomic E-state index is 7.11. The van der Waals surface area contributed by atoms with Crippen LogP contribution in [0, 0.1) is 26.2 Å². The molecule has 1 aliphatic carbocycles. The van der Waals surface area contributed by atoms with Gasteiger partial charge in [0.25, 0.3) is 0 Å². The molecule has 8 rings (SSSR count). The largest absolute Gasteiger partial charge is 0.467 e. The van der Waals surface area contributed by atoms with E-state index >= 15 is 0 Å². The van der Waals surface area contributed by atoms with Gasteiger partial charge in [0.05, 0.1) is 16.9 Å². The zero-order valence-corrected chi connectivity index (χ0v) is 34.3. The number of ether oxygens (including phenoxy) is 2. The molecule has 0 spiro atoms. The number of fused-ring (bicyclic) bond motifs is 6. The fourth-order valence-electron chi connectivity index (χ4n) is 8.68. The molecule has 0 unspecified atom stereocenters. The maximum atomic E-state index is 7.11. The van der Waals surface area contributed by atoms with Crippen molar-refractivity contribution >= 4 is 27.8 Å². The summed E-state index contributed by atoms with van der Waals surface area (Å²) in [4.78, 5) is 15.5. The lowest BCUT2D eigenvalue weighted by Crippen LogP contribution is -2.54. The first-order valence-electron chi connectivity index (χ1n) is 19.3. The molecule has 2 aliphatic rings. The van der Waals surface area contributed by atoms with Crippen LogP contribution in [0.25, 0.3) is 27.6 Å². The smallest absolute Gasteiger partial charge is 0.221 e. The van der Waals surface area contributed by atoms with Gasteiger partial charge in [0.1, 0.15) is 22.5 Å². The van der Waals surface area contributed by atoms with Gasteiger partial charge in [0, 0.05) is 45.8 Å². The monoisotopic (exact) mass is 718 g/mol. The number of rotatable bonds is 4. The third-order valence-corrected chi connectivity index (χ3v) is 12.0. The van der Waals surface area contributed by atoms with E-state index in [1.165, 1.54) is 33.2 Å². The zero-order chi connectivity index (χ0) is 38.7. The highest BCUT2D eigenvalue weighted by molar-refractivity contribution is 6.08. The molecular weight excluding hydrogens is 665 g/mol. The molecule has 6 nitrogen and oxygen atoms in total. The number of aromatic nitrogens is 3. The van der Waals surface area contributed by atoms with Crippen LogP contribution in [-0.2, 0) is 27.5 Å². The van der Waals surface area contributed by atoms with Crippen LogP contribution in [0.4, 0.5) is 0 Å². The van der Waals surface area contributed by atoms with Gasteiger partial charge in [-0.3, -0.25) is 4.57 Å². The highest BCUT2D eigenvalue weighted by Gasteiger charge is 2.66. The van der Waals surface area contributed by atoms with Gasteiger partial charge in [-0.15, -0.1) is 0 Å². The van der Waals surface area contributed by atoms with E-state index < -0.39 is 11.1 Å². The summed E-state index contributed by atoms with van der Waals surface area (Å²) in [6.45, 7) is 28.9. The average molecular weight is 719 g/mol. The Morgan fingerprint density at radius 2 is 1.52 bits per heavy atom. The number of pyridine rings is 2. The van der Waals surface area contributed by atoms with Crippen LogP contribution in [0.5, 0.6) is 11.6 Å². The van der Waals surface area contributed by atoms with E-state index in [0.29, 0.717) is 17.5 Å². The molecule has 278 valence electrons. The number of nitrogens with zero attached hydrogens (tertiary/aromatic N) is 4. The lowest BCUT2D eigenvalue weighted by Gasteiger charge is -2.45. The summed E-state index contributed by atoms with van der Waals surface area (Å²) in [6.07, 6.45) is 2.76. The number of hydrogen-bond acceptors (Lipinski definition) is 5. The fraction of sp³-hybridized carbons (Fsp3) is 0.396. The Kier molecular flexibility index (Phi) is 7.85. The first-order chi connectivity index (χ1) is 25.2. The Morgan fingerprint density at radius 1 is 0.778 bits per heavy atom. The average Bonchev–Trinajstić information content (AvgIpc) is 3.65. The van der Waals surface area contributed by atoms with Gasteiger partial charge in [-0.05, 0) is 109 Å². The summed E-state index contributed by atoms with van der Waals surface area (Å²) in [6, 6.07) is 26.0. The Labute approximate surface area is 320 Å². The standard InChI is InChI=1S/C48H54N4O2/c1-28-19-37-36-23-33(44(4,5)6)17-18-39(36)52(42(37)49-27-28)34-24-40(45(7,8)9)50-41(25-34)53-35-16-14-15-31(22-35)43-51-47(13)38-21-30(3)29(2)20-32(38)26-48(47,54-43)46(10,11)12/h14-25,27H,26H2,1-13H3/t47-,48-/m1/s1. The Hall–Kier alpha value is -4.97. The topological polar surface area (TPSA) is 61.5 Å². The van der Waals surface area contributed by atoms with Crippen molar-refractivity contribution in [1.29, 1.82) is 0 Å². The molecule has 6 aromatic rings. The second-order valence-electron chi connectivity index (χ2n) is 19.1. The molecule has 3 aromatic carbocycles. The highest BCUT2D eigenvalue weighted by atomic mass is 16.5. The Balaban J connectivity index is 1.22. The predicted molar refractivity (Wildman–Crippen MR) is 222 cm³/mol. The van der Waals surface area contributed by atoms with E-state index in [-0.39, 0.29) is 16.2 Å². The normalized spacial score (nSPS) is 19.9. The molecule has 2 atom stereocenters. The van der Waals surface area contributed by atoms with E-state index in [0.717, 1.165) is 45.5 Å². The molecule has 6 heteroatoms. The summed E-state index contributed by atoms with van der Waals surface area (Å²) >= 11 is 0. The van der Waals surface area contributed by atoms with Crippen LogP contribution in [0.1, 0.15) is 114 Å². The quantitative estimate of drug-likeness (QED) is 0.182. The fourth-order valence-corrected chi connectivity index (χ4v) is 8.68. The first kappa shape index (κ1) is 36.0. The Morgan fingerprint density at radius 3 is 2.22 bits per heavy atom. The van der Waals surface area contributed by atoms with E-state index in [4.69, 9.17) is 24.4 Å². The molecule has 0 saturated carbocycles. The van der Waals surface area contributed by atoms with Crippen molar-refractivity contribution in [2.75, 3.05) is 0 Å². The van der Waals surface area contributed by atoms with Crippen molar-refractivity contribution in [1.82, 2.24) is 14.5 Å². The SMILES string of the molecule is Cc1cnc2c(c1)c1cc(C(C)(C)C)ccc1n2-c1cc(Oc2cccc(C3=N[C@]4(C)c5cc(C)c(C)cc5C[C@]4(C(C)(C)C)O3)c2)nc(C(C)(C)C)c1. The second-order valence-corrected chi connectivity index (χ2v) is 19.1. The molecule has 0 amide bonds. The minimum absolute atomic E-state index is 0.0209. The summed E-state index contributed by atoms with van der Waals surface area (Å²) in [5.41, 5.74) is 11.0. The van der Waals surface area contributed by atoms with Crippen LogP contribution in [0.3, 0.4) is 0 Å². The number of aryl methyl sites for hydroxylation is 3. The third-order valence-electron chi connectivity index (χ3n) is 12.0. The molecule has 0 fully saturated rings. The van der Waals surface area contributed by atoms with Gasteiger partial charge in [-0.2, -0.15) is 0 Å². The van der Waals surface area contributed by atoms with Crippen molar-refractivity contribution in [2.24, 2.45) is 10.4 Å². The van der Waals surface area contributed by atoms with Crippen molar-refractivity contribution in [3.05, 3.63) is 124 Å². The third kappa shape index (κ3) is 5.55. The molecular formula is C48H54N4O2. The molecule has 1 aliphatic heterocycles. The number of benzene rings is 3. The van der Waals surface area contributed by atoms with Crippen molar-refractivity contribution in [3.8, 4) is 17.3 Å². The Bertz CT molecular complexity index is 2540. The maximum Gasteiger partial charge on any atom is 0.221 e. The zero-order valence-electron chi connectivity index (χ0n) is 34.3. The molecule has 0 bridgehead atoms. The predicted octanol–water partition coefficient (Wildman–Crippen LogP) is 11.9. The van der Waals surface area contributed by atoms with Gasteiger partial charge in [-0.1, -0.05) is 86.6 Å². The van der Waals surface area contributed by atoms with E-state index in [1.807, 2.05) is 30.5 Å². The molecule has 4 heterocycles. The van der Waals surface area contributed by atoms with Crippen LogP contribution >= 0.6 is 0 Å². The minimum Gasteiger partial charge on any atom is -0.467 e. The molecule has 3 aromatic heterocycles. The summed E-state index contributed by atoms with van der Waals surface area (Å²) in [5, 5.41) is 2.33. The van der Waals surface area contributed by atoms with Gasteiger partial charge < -0.3 is 9.47 Å². The summed E-state index contributed by atoms with van der Waals surface area (Å²) < 4.78 is 16.1. The lowest BCUT2D eigenvalue weighted by molar-refractivity contribution is -0.0673. The molecule has 0 N–H and O–H groups in total. The summed E-state index contributed by atoms with van der Waals surface area (Å²) in [5.74, 6) is 1.85. The van der Waals surface area contributed by atoms with Gasteiger partial charge in [0.15, 0.2) is 0 Å². The lowest BCUT2D eigenvalue weighted by atomic mass is 9.66. The van der Waals surface area contributed by atoms with Gasteiger partial charge in [-0.25, -0.2) is 15.0 Å². The van der Waals surface area contributed by atoms with Crippen LogP contribution < -0.4 is 4.74 Å². The van der Waals surface area contributed by atoms with Gasteiger partial charge >= 0.3 is 0 Å². The highest BCUT2D eigenvalue weighted by Crippen LogP contribution is 2.60. The van der Waals surface area contributed by atoms with E-state index in [2.05, 4.69) is 143 Å². The van der Waals surface area contributed by atoms with Crippen LogP contribution in [0.2, 0.25) is 0 Å². The first-order valence-corrected chi connectivity index (χ1v) is 19.3.